The number of carbonyl (C=O) groups excluding carboxylic acids is 1. The van der Waals surface area contributed by atoms with Crippen LogP contribution in [0.4, 0.5) is 21.9 Å². The topological polar surface area (TPSA) is 84.7 Å². The lowest BCUT2D eigenvalue weighted by Crippen LogP contribution is -2.27. The number of halogens is 2. The maximum atomic E-state index is 12.1. The van der Waals surface area contributed by atoms with E-state index >= 15 is 0 Å². The van der Waals surface area contributed by atoms with Crippen molar-refractivity contribution < 1.29 is 14.5 Å². The summed E-state index contributed by atoms with van der Waals surface area (Å²) in [5.41, 5.74) is 2.19. The molecule has 1 amide bonds. The van der Waals surface area contributed by atoms with Crippen molar-refractivity contribution in [3.8, 4) is 0 Å². The van der Waals surface area contributed by atoms with Crippen LogP contribution < -0.4 is 10.2 Å². The zero-order chi connectivity index (χ0) is 20.5. The van der Waals surface area contributed by atoms with E-state index in [4.69, 9.17) is 27.9 Å². The molecule has 0 aliphatic carbocycles. The number of ether oxygens (including phenoxy) is 1. The third kappa shape index (κ3) is 6.28. The largest absolute Gasteiger partial charge is 0.441 e. The number of nitro benzene ring substituents is 1. The zero-order valence-electron chi connectivity index (χ0n) is 15.3. The molecule has 9 heteroatoms. The Kier molecular flexibility index (Phi) is 8.35. The van der Waals surface area contributed by atoms with Gasteiger partial charge < -0.3 is 9.64 Å². The molecule has 2 rings (SSSR count). The second kappa shape index (κ2) is 10.7. The number of nitrogens with zero attached hydrogens (tertiary/aromatic N) is 2. The first-order valence-electron chi connectivity index (χ1n) is 8.63. The maximum absolute atomic E-state index is 12.1. The Morgan fingerprint density at radius 2 is 1.68 bits per heavy atom. The van der Waals surface area contributed by atoms with Crippen LogP contribution in [0.25, 0.3) is 0 Å². The smallest absolute Gasteiger partial charge is 0.412 e. The fourth-order valence-corrected chi connectivity index (χ4v) is 2.98. The maximum Gasteiger partial charge on any atom is 0.412 e. The van der Waals surface area contributed by atoms with Gasteiger partial charge in [-0.2, -0.15) is 0 Å². The molecule has 0 aliphatic rings. The molecule has 0 aromatic heterocycles. The third-order valence-corrected chi connectivity index (χ3v) is 4.38. The lowest BCUT2D eigenvalue weighted by Gasteiger charge is -2.23. The minimum Gasteiger partial charge on any atom is -0.441 e. The lowest BCUT2D eigenvalue weighted by atomic mass is 10.1. The van der Waals surface area contributed by atoms with E-state index in [2.05, 4.69) is 10.2 Å². The van der Waals surface area contributed by atoms with Gasteiger partial charge in [-0.1, -0.05) is 0 Å². The van der Waals surface area contributed by atoms with Gasteiger partial charge >= 0.3 is 6.09 Å². The summed E-state index contributed by atoms with van der Waals surface area (Å²) >= 11 is 11.6. The Bertz CT molecular complexity index is 779. The van der Waals surface area contributed by atoms with Gasteiger partial charge in [0.25, 0.3) is 5.69 Å². The molecule has 2 aromatic rings. The van der Waals surface area contributed by atoms with Crippen molar-refractivity contribution in [2.75, 3.05) is 35.1 Å². The van der Waals surface area contributed by atoms with Crippen LogP contribution >= 0.6 is 23.2 Å². The van der Waals surface area contributed by atoms with E-state index in [1.165, 1.54) is 12.1 Å². The molecule has 1 N–H and O–H groups in total. The van der Waals surface area contributed by atoms with Crippen LogP contribution in [0.1, 0.15) is 18.6 Å². The number of hydrogen-bond acceptors (Lipinski definition) is 5. The molecule has 1 atom stereocenters. The monoisotopic (exact) mass is 425 g/mol. The average molecular weight is 426 g/mol. The fraction of sp³-hybridized carbons (Fsp3) is 0.316. The normalized spacial score (nSPS) is 11.5. The number of anilines is 2. The number of carbonyl (C=O) groups is 1. The van der Waals surface area contributed by atoms with Gasteiger partial charge in [0.1, 0.15) is 6.10 Å². The van der Waals surface area contributed by atoms with Crippen LogP contribution in [-0.4, -0.2) is 35.9 Å². The van der Waals surface area contributed by atoms with E-state index in [1.807, 2.05) is 12.1 Å². The summed E-state index contributed by atoms with van der Waals surface area (Å²) in [5.74, 6) is 0.980. The molecule has 0 spiro atoms. The second-order valence-electron chi connectivity index (χ2n) is 5.93. The van der Waals surface area contributed by atoms with E-state index in [0.29, 0.717) is 36.1 Å². The van der Waals surface area contributed by atoms with Gasteiger partial charge in [0.2, 0.25) is 0 Å². The quantitative estimate of drug-likeness (QED) is 0.339. The van der Waals surface area contributed by atoms with Gasteiger partial charge in [0, 0.05) is 48.4 Å². The molecular formula is C19H21Cl2N3O4. The van der Waals surface area contributed by atoms with E-state index in [9.17, 15) is 14.9 Å². The Labute approximate surface area is 173 Å². The molecular weight excluding hydrogens is 405 g/mol. The highest BCUT2D eigenvalue weighted by molar-refractivity contribution is 6.18. The fourth-order valence-electron chi connectivity index (χ4n) is 2.57. The first kappa shape index (κ1) is 21.8. The molecule has 1 unspecified atom stereocenters. The minimum absolute atomic E-state index is 0.0159. The summed E-state index contributed by atoms with van der Waals surface area (Å²) in [7, 11) is 0. The highest BCUT2D eigenvalue weighted by Gasteiger charge is 2.14. The predicted molar refractivity (Wildman–Crippen MR) is 112 cm³/mol. The van der Waals surface area contributed by atoms with Crippen LogP contribution in [0, 0.1) is 10.1 Å². The van der Waals surface area contributed by atoms with E-state index in [1.54, 1.807) is 31.2 Å². The third-order valence-electron chi connectivity index (χ3n) is 4.04. The summed E-state index contributed by atoms with van der Waals surface area (Å²) in [6.07, 6.45) is -1.17. The summed E-state index contributed by atoms with van der Waals surface area (Å²) in [4.78, 5) is 24.4. The number of amides is 1. The Morgan fingerprint density at radius 3 is 2.18 bits per heavy atom. The van der Waals surface area contributed by atoms with Crippen LogP contribution in [0.15, 0.2) is 48.5 Å². The predicted octanol–water partition coefficient (Wildman–Crippen LogP) is 5.19. The summed E-state index contributed by atoms with van der Waals surface area (Å²) in [6, 6.07) is 13.1. The second-order valence-corrected chi connectivity index (χ2v) is 6.69. The van der Waals surface area contributed by atoms with Gasteiger partial charge in [0.15, 0.2) is 0 Å². The first-order valence-corrected chi connectivity index (χ1v) is 9.70. The van der Waals surface area contributed by atoms with Gasteiger partial charge in [-0.25, -0.2) is 4.79 Å². The summed E-state index contributed by atoms with van der Waals surface area (Å²) in [5, 5.41) is 13.4. The molecule has 0 radical (unpaired) electrons. The summed E-state index contributed by atoms with van der Waals surface area (Å²) < 4.78 is 5.33. The molecule has 7 nitrogen and oxygen atoms in total. The van der Waals surface area contributed by atoms with Crippen molar-refractivity contribution in [1.29, 1.82) is 0 Å². The van der Waals surface area contributed by atoms with Gasteiger partial charge in [-0.15, -0.1) is 23.2 Å². The van der Waals surface area contributed by atoms with Crippen molar-refractivity contribution in [1.82, 2.24) is 0 Å². The SMILES string of the molecule is CC(OC(=O)Nc1ccc(N(CCCl)CCCl)cc1)c1ccc([N+](=O)[O-])cc1. The molecule has 0 aliphatic heterocycles. The van der Waals surface area contributed by atoms with Crippen LogP contribution in [0.5, 0.6) is 0 Å². The number of nitrogens with one attached hydrogen (secondary N) is 1. The van der Waals surface area contributed by atoms with Crippen molar-refractivity contribution >= 4 is 46.4 Å². The van der Waals surface area contributed by atoms with E-state index < -0.39 is 17.1 Å². The summed E-state index contributed by atoms with van der Waals surface area (Å²) in [6.45, 7) is 3.05. The number of nitro groups is 1. The molecule has 150 valence electrons. The van der Waals surface area contributed by atoms with Crippen molar-refractivity contribution in [3.05, 3.63) is 64.2 Å². The van der Waals surface area contributed by atoms with Crippen LogP contribution in [0.2, 0.25) is 0 Å². The number of rotatable bonds is 9. The number of non-ortho nitro benzene ring substituents is 1. The highest BCUT2D eigenvalue weighted by Crippen LogP contribution is 2.22. The zero-order valence-corrected chi connectivity index (χ0v) is 16.8. The number of alkyl halides is 2. The molecule has 0 fully saturated rings. The van der Waals surface area contributed by atoms with Crippen molar-refractivity contribution in [2.24, 2.45) is 0 Å². The molecule has 0 saturated heterocycles. The van der Waals surface area contributed by atoms with Crippen LogP contribution in [0.3, 0.4) is 0 Å². The Balaban J connectivity index is 1.93. The molecule has 2 aromatic carbocycles. The van der Waals surface area contributed by atoms with E-state index in [0.717, 1.165) is 5.69 Å². The van der Waals surface area contributed by atoms with Crippen LogP contribution in [-0.2, 0) is 4.74 Å². The van der Waals surface area contributed by atoms with Gasteiger partial charge in [0.05, 0.1) is 4.92 Å². The molecule has 0 bridgehead atoms. The molecule has 28 heavy (non-hydrogen) atoms. The first-order chi connectivity index (χ1) is 13.4. The molecule has 0 heterocycles. The minimum atomic E-state index is -0.614. The lowest BCUT2D eigenvalue weighted by molar-refractivity contribution is -0.384. The Morgan fingerprint density at radius 1 is 1.11 bits per heavy atom. The number of hydrogen-bond donors (Lipinski definition) is 1. The van der Waals surface area contributed by atoms with Gasteiger partial charge in [-0.3, -0.25) is 15.4 Å². The average Bonchev–Trinajstić information content (AvgIpc) is 2.68. The standard InChI is InChI=1S/C19H21Cl2N3O4/c1-14(15-2-6-18(7-3-15)24(26)27)28-19(25)22-16-4-8-17(9-5-16)23(12-10-20)13-11-21/h2-9,14H,10-13H2,1H3,(H,22,25). The van der Waals surface area contributed by atoms with E-state index in [-0.39, 0.29) is 5.69 Å². The van der Waals surface area contributed by atoms with Gasteiger partial charge in [-0.05, 0) is 48.9 Å². The molecule has 0 saturated carbocycles. The number of benzene rings is 2. The van der Waals surface area contributed by atoms with Crippen molar-refractivity contribution in [3.63, 3.8) is 0 Å². The highest BCUT2D eigenvalue weighted by atomic mass is 35.5. The van der Waals surface area contributed by atoms with Crippen molar-refractivity contribution in [2.45, 2.75) is 13.0 Å². The Hall–Kier alpha value is -2.51.